The van der Waals surface area contributed by atoms with Crippen molar-refractivity contribution in [2.75, 3.05) is 6.61 Å². The van der Waals surface area contributed by atoms with Crippen LogP contribution in [0.4, 0.5) is 8.78 Å². The highest BCUT2D eigenvalue weighted by atomic mass is 19.3. The summed E-state index contributed by atoms with van der Waals surface area (Å²) in [6.45, 7) is 4.51. The lowest BCUT2D eigenvalue weighted by Crippen LogP contribution is -2.19. The van der Waals surface area contributed by atoms with Gasteiger partial charge in [0.1, 0.15) is 5.82 Å². The van der Waals surface area contributed by atoms with E-state index in [1.807, 2.05) is 35.8 Å². The molecular formula is C19H21F2N3O2. The molecule has 0 saturated heterocycles. The summed E-state index contributed by atoms with van der Waals surface area (Å²) in [5.41, 5.74) is 4.10. The van der Waals surface area contributed by atoms with Crippen molar-refractivity contribution in [1.29, 1.82) is 0 Å². The summed E-state index contributed by atoms with van der Waals surface area (Å²) in [6, 6.07) is 7.63. The number of nitrogens with zero attached hydrogens (tertiary/aromatic N) is 3. The Hall–Kier alpha value is -2.54. The molecule has 0 spiro atoms. The summed E-state index contributed by atoms with van der Waals surface area (Å²) in [4.78, 5) is 16.4. The first-order valence-electron chi connectivity index (χ1n) is 8.32. The van der Waals surface area contributed by atoms with Crippen LogP contribution in [0.5, 0.6) is 0 Å². The lowest BCUT2D eigenvalue weighted by Gasteiger charge is -2.13. The molecule has 138 valence electrons. The molecule has 0 aliphatic rings. The van der Waals surface area contributed by atoms with Gasteiger partial charge in [-0.15, -0.1) is 0 Å². The summed E-state index contributed by atoms with van der Waals surface area (Å²) in [5.74, 6) is 0.733. The Morgan fingerprint density at radius 1 is 1.19 bits per heavy atom. The van der Waals surface area contributed by atoms with E-state index >= 15 is 0 Å². The van der Waals surface area contributed by atoms with Crippen molar-refractivity contribution in [2.45, 2.75) is 33.4 Å². The van der Waals surface area contributed by atoms with Crippen LogP contribution in [0.3, 0.4) is 0 Å². The van der Waals surface area contributed by atoms with Crippen molar-refractivity contribution in [3.05, 3.63) is 52.2 Å². The molecule has 2 aromatic heterocycles. The zero-order chi connectivity index (χ0) is 19.1. The van der Waals surface area contributed by atoms with E-state index in [0.29, 0.717) is 5.56 Å². The first-order valence-corrected chi connectivity index (χ1v) is 8.32. The molecule has 2 heterocycles. The van der Waals surface area contributed by atoms with E-state index in [1.165, 1.54) is 0 Å². The zero-order valence-corrected chi connectivity index (χ0v) is 15.2. The molecule has 0 aliphatic heterocycles. The zero-order valence-electron chi connectivity index (χ0n) is 15.2. The molecule has 0 atom stereocenters. The molecule has 7 heteroatoms. The number of fused-ring (bicyclic) bond motifs is 1. The molecule has 0 N–H and O–H groups in total. The van der Waals surface area contributed by atoms with Crippen LogP contribution in [0.15, 0.2) is 35.3 Å². The minimum absolute atomic E-state index is 0.0339. The Bertz CT molecular complexity index is 990. The third kappa shape index (κ3) is 3.67. The van der Waals surface area contributed by atoms with Crippen molar-refractivity contribution in [2.24, 2.45) is 7.05 Å². The lowest BCUT2D eigenvalue weighted by molar-refractivity contribution is -0.225. The SMILES string of the molecule is Cc1cc(-c2ccc3nc(C)n(CCOC(C)(F)F)c3c2)cn(C)c1=O. The van der Waals surface area contributed by atoms with Crippen molar-refractivity contribution >= 4 is 11.0 Å². The Kier molecular flexibility index (Phi) is 4.66. The monoisotopic (exact) mass is 361 g/mol. The van der Waals surface area contributed by atoms with Crippen molar-refractivity contribution in [3.63, 3.8) is 0 Å². The number of hydrogen-bond donors (Lipinski definition) is 0. The number of halogens is 2. The van der Waals surface area contributed by atoms with Crippen LogP contribution in [0.1, 0.15) is 18.3 Å². The number of pyridine rings is 1. The largest absolute Gasteiger partial charge is 0.352 e. The van der Waals surface area contributed by atoms with E-state index in [4.69, 9.17) is 0 Å². The lowest BCUT2D eigenvalue weighted by atomic mass is 10.1. The number of rotatable bonds is 5. The fourth-order valence-electron chi connectivity index (χ4n) is 3.06. The molecule has 1 aromatic carbocycles. The molecule has 26 heavy (non-hydrogen) atoms. The average molecular weight is 361 g/mol. The fourth-order valence-corrected chi connectivity index (χ4v) is 3.06. The molecular weight excluding hydrogens is 340 g/mol. The predicted molar refractivity (Wildman–Crippen MR) is 96.5 cm³/mol. The fraction of sp³-hybridized carbons (Fsp3) is 0.368. The van der Waals surface area contributed by atoms with Crippen LogP contribution in [-0.4, -0.2) is 26.8 Å². The molecule has 0 unspecified atom stereocenters. The molecule has 5 nitrogen and oxygen atoms in total. The van der Waals surface area contributed by atoms with Gasteiger partial charge >= 0.3 is 6.11 Å². The van der Waals surface area contributed by atoms with Crippen LogP contribution in [0, 0.1) is 13.8 Å². The van der Waals surface area contributed by atoms with E-state index in [1.54, 1.807) is 24.7 Å². The van der Waals surface area contributed by atoms with Gasteiger partial charge in [-0.25, -0.2) is 4.98 Å². The first kappa shape index (κ1) is 18.3. The van der Waals surface area contributed by atoms with E-state index in [2.05, 4.69) is 9.72 Å². The smallest absolute Gasteiger partial charge is 0.326 e. The van der Waals surface area contributed by atoms with Gasteiger partial charge in [-0.2, -0.15) is 8.78 Å². The summed E-state index contributed by atoms with van der Waals surface area (Å²) < 4.78 is 33.7. The van der Waals surface area contributed by atoms with Gasteiger partial charge in [-0.05, 0) is 43.2 Å². The van der Waals surface area contributed by atoms with E-state index in [0.717, 1.165) is 34.9 Å². The normalized spacial score (nSPS) is 12.1. The van der Waals surface area contributed by atoms with E-state index in [-0.39, 0.29) is 18.7 Å². The van der Waals surface area contributed by atoms with Crippen LogP contribution < -0.4 is 5.56 Å². The van der Waals surface area contributed by atoms with E-state index < -0.39 is 6.11 Å². The molecule has 0 saturated carbocycles. The second-order valence-corrected chi connectivity index (χ2v) is 6.50. The number of imidazole rings is 1. The number of alkyl halides is 2. The Labute approximate surface area is 149 Å². The van der Waals surface area contributed by atoms with Crippen molar-refractivity contribution < 1.29 is 13.5 Å². The van der Waals surface area contributed by atoms with Crippen LogP contribution in [-0.2, 0) is 18.3 Å². The maximum absolute atomic E-state index is 12.9. The summed E-state index contributed by atoms with van der Waals surface area (Å²) in [5, 5.41) is 0. The topological polar surface area (TPSA) is 49.0 Å². The third-order valence-electron chi connectivity index (χ3n) is 4.31. The van der Waals surface area contributed by atoms with Crippen molar-refractivity contribution in [1.82, 2.24) is 14.1 Å². The number of hydrogen-bond acceptors (Lipinski definition) is 3. The number of ether oxygens (including phenoxy) is 1. The van der Waals surface area contributed by atoms with Crippen LogP contribution in [0.2, 0.25) is 0 Å². The molecule has 0 fully saturated rings. The van der Waals surface area contributed by atoms with Gasteiger partial charge in [-0.3, -0.25) is 4.79 Å². The molecule has 3 aromatic rings. The van der Waals surface area contributed by atoms with Gasteiger partial charge in [0.25, 0.3) is 5.56 Å². The summed E-state index contributed by atoms with van der Waals surface area (Å²) in [7, 11) is 1.72. The molecule has 0 bridgehead atoms. The first-order chi connectivity index (χ1) is 12.2. The van der Waals surface area contributed by atoms with Gasteiger partial charge in [0.05, 0.1) is 17.6 Å². The highest BCUT2D eigenvalue weighted by molar-refractivity contribution is 5.82. The third-order valence-corrected chi connectivity index (χ3v) is 4.31. The second-order valence-electron chi connectivity index (χ2n) is 6.50. The van der Waals surface area contributed by atoms with Crippen LogP contribution >= 0.6 is 0 Å². The van der Waals surface area contributed by atoms with E-state index in [9.17, 15) is 13.6 Å². The van der Waals surface area contributed by atoms with Crippen molar-refractivity contribution in [3.8, 4) is 11.1 Å². The number of aromatic nitrogens is 3. The predicted octanol–water partition coefficient (Wildman–Crippen LogP) is 3.65. The standard InChI is InChI=1S/C19H21F2N3O2/c1-12-9-15(11-23(4)18(12)25)14-5-6-16-17(10-14)24(13(2)22-16)7-8-26-19(3,20)21/h5-6,9-11H,7-8H2,1-4H3. The Morgan fingerprint density at radius 2 is 1.92 bits per heavy atom. The van der Waals surface area contributed by atoms with Crippen LogP contribution in [0.25, 0.3) is 22.2 Å². The summed E-state index contributed by atoms with van der Waals surface area (Å²) in [6.07, 6.45) is -1.37. The number of benzene rings is 1. The maximum atomic E-state index is 12.9. The van der Waals surface area contributed by atoms with Gasteiger partial charge in [0.15, 0.2) is 0 Å². The van der Waals surface area contributed by atoms with Gasteiger partial charge in [-0.1, -0.05) is 6.07 Å². The van der Waals surface area contributed by atoms with Gasteiger partial charge < -0.3 is 13.9 Å². The molecule has 3 rings (SSSR count). The highest BCUT2D eigenvalue weighted by Crippen LogP contribution is 2.25. The van der Waals surface area contributed by atoms with Gasteiger partial charge in [0, 0.05) is 32.3 Å². The second kappa shape index (κ2) is 6.64. The quantitative estimate of drug-likeness (QED) is 0.697. The number of aryl methyl sites for hydroxylation is 3. The minimum atomic E-state index is -3.15. The minimum Gasteiger partial charge on any atom is -0.326 e. The summed E-state index contributed by atoms with van der Waals surface area (Å²) >= 11 is 0. The highest BCUT2D eigenvalue weighted by Gasteiger charge is 2.21. The average Bonchev–Trinajstić information content (AvgIpc) is 2.86. The molecule has 0 amide bonds. The molecule has 0 radical (unpaired) electrons. The Morgan fingerprint density at radius 3 is 2.58 bits per heavy atom. The van der Waals surface area contributed by atoms with Gasteiger partial charge in [0.2, 0.25) is 0 Å². The molecule has 0 aliphatic carbocycles. The Balaban J connectivity index is 2.00. The maximum Gasteiger partial charge on any atom is 0.352 e.